The number of halogens is 1. The third-order valence-corrected chi connectivity index (χ3v) is 4.25. The molecule has 2 aromatic carbocycles. The summed E-state index contributed by atoms with van der Waals surface area (Å²) in [6, 6.07) is 15.8. The number of benzene rings is 2. The molecule has 3 aromatic rings. The van der Waals surface area contributed by atoms with Crippen LogP contribution in [0.25, 0.3) is 17.1 Å². The molecule has 0 spiro atoms. The van der Waals surface area contributed by atoms with E-state index >= 15 is 0 Å². The average molecular weight is 344 g/mol. The third kappa shape index (κ3) is 2.50. The second-order valence-electron chi connectivity index (χ2n) is 4.68. The van der Waals surface area contributed by atoms with Crippen molar-refractivity contribution in [1.29, 1.82) is 0 Å². The molecular weight excluding hydrogens is 330 g/mol. The first-order chi connectivity index (χ1) is 10.2. The van der Waals surface area contributed by atoms with Gasteiger partial charge in [-0.15, -0.1) is 10.2 Å². The van der Waals surface area contributed by atoms with Gasteiger partial charge in [0.15, 0.2) is 11.6 Å². The van der Waals surface area contributed by atoms with Gasteiger partial charge in [0.2, 0.25) is 0 Å². The van der Waals surface area contributed by atoms with Crippen molar-refractivity contribution in [2.45, 2.75) is 13.5 Å². The lowest BCUT2D eigenvalue weighted by molar-refractivity contribution is 0.269. The molecule has 3 rings (SSSR count). The smallest absolute Gasteiger partial charge is 0.168 e. The van der Waals surface area contributed by atoms with E-state index in [1.54, 1.807) is 0 Å². The van der Waals surface area contributed by atoms with Gasteiger partial charge in [0, 0.05) is 15.7 Å². The van der Waals surface area contributed by atoms with Gasteiger partial charge in [-0.05, 0) is 30.7 Å². The van der Waals surface area contributed by atoms with Gasteiger partial charge in [-0.2, -0.15) is 0 Å². The Labute approximate surface area is 131 Å². The van der Waals surface area contributed by atoms with Gasteiger partial charge in [-0.25, -0.2) is 0 Å². The van der Waals surface area contributed by atoms with Gasteiger partial charge in [0.1, 0.15) is 6.61 Å². The first-order valence-corrected chi connectivity index (χ1v) is 7.37. The standard InChI is InChI=1S/C16H14BrN3O/c1-11-13(8-5-9-14(11)17)16-19-18-15(10-21)20(16)12-6-3-2-4-7-12/h2-9,21H,10H2,1H3. The molecule has 0 unspecified atom stereocenters. The van der Waals surface area contributed by atoms with Crippen LogP contribution in [-0.4, -0.2) is 19.9 Å². The summed E-state index contributed by atoms with van der Waals surface area (Å²) in [5.74, 6) is 1.25. The first-order valence-electron chi connectivity index (χ1n) is 6.58. The Bertz CT molecular complexity index is 768. The van der Waals surface area contributed by atoms with Crippen molar-refractivity contribution in [2.24, 2.45) is 0 Å². The minimum absolute atomic E-state index is 0.158. The summed E-state index contributed by atoms with van der Waals surface area (Å²) in [5.41, 5.74) is 3.01. The van der Waals surface area contributed by atoms with E-state index < -0.39 is 0 Å². The third-order valence-electron chi connectivity index (χ3n) is 3.39. The molecule has 4 nitrogen and oxygen atoms in total. The molecule has 21 heavy (non-hydrogen) atoms. The monoisotopic (exact) mass is 343 g/mol. The van der Waals surface area contributed by atoms with E-state index in [1.807, 2.05) is 60.0 Å². The van der Waals surface area contributed by atoms with Crippen LogP contribution in [-0.2, 0) is 6.61 Å². The average Bonchev–Trinajstić information content (AvgIpc) is 2.94. The number of para-hydroxylation sites is 1. The summed E-state index contributed by atoms with van der Waals surface area (Å²) >= 11 is 3.54. The number of hydrogen-bond donors (Lipinski definition) is 1. The van der Waals surface area contributed by atoms with Crippen molar-refractivity contribution < 1.29 is 5.11 Å². The molecule has 106 valence electrons. The highest BCUT2D eigenvalue weighted by Crippen LogP contribution is 2.29. The predicted octanol–water partition coefficient (Wildman–Crippen LogP) is 3.50. The van der Waals surface area contributed by atoms with Crippen molar-refractivity contribution >= 4 is 15.9 Å². The molecule has 1 aromatic heterocycles. The topological polar surface area (TPSA) is 50.9 Å². The molecular formula is C16H14BrN3O. The SMILES string of the molecule is Cc1c(Br)cccc1-c1nnc(CO)n1-c1ccccc1. The predicted molar refractivity (Wildman–Crippen MR) is 85.2 cm³/mol. The van der Waals surface area contributed by atoms with Gasteiger partial charge < -0.3 is 5.11 Å². The van der Waals surface area contributed by atoms with Crippen molar-refractivity contribution in [1.82, 2.24) is 14.8 Å². The molecule has 0 saturated heterocycles. The van der Waals surface area contributed by atoms with Crippen molar-refractivity contribution in [3.8, 4) is 17.1 Å². The second-order valence-corrected chi connectivity index (χ2v) is 5.54. The molecule has 1 N–H and O–H groups in total. The Morgan fingerprint density at radius 3 is 2.52 bits per heavy atom. The summed E-state index contributed by atoms with van der Waals surface area (Å²) in [7, 11) is 0. The van der Waals surface area contributed by atoms with Gasteiger partial charge >= 0.3 is 0 Å². The van der Waals surface area contributed by atoms with Crippen molar-refractivity contribution in [3.63, 3.8) is 0 Å². The molecule has 0 radical (unpaired) electrons. The quantitative estimate of drug-likeness (QED) is 0.791. The van der Waals surface area contributed by atoms with Gasteiger partial charge in [-0.3, -0.25) is 4.57 Å². The first kappa shape index (κ1) is 14.0. The van der Waals surface area contributed by atoms with E-state index in [-0.39, 0.29) is 6.61 Å². The van der Waals surface area contributed by atoms with Crippen LogP contribution in [0.1, 0.15) is 11.4 Å². The van der Waals surface area contributed by atoms with Crippen LogP contribution in [0.4, 0.5) is 0 Å². The minimum atomic E-state index is -0.158. The van der Waals surface area contributed by atoms with Crippen molar-refractivity contribution in [2.75, 3.05) is 0 Å². The number of aliphatic hydroxyl groups excluding tert-OH is 1. The Kier molecular flexibility index (Phi) is 3.86. The highest BCUT2D eigenvalue weighted by molar-refractivity contribution is 9.10. The molecule has 1 heterocycles. The van der Waals surface area contributed by atoms with E-state index in [9.17, 15) is 5.11 Å². The van der Waals surface area contributed by atoms with Crippen molar-refractivity contribution in [3.05, 3.63) is 64.4 Å². The number of aromatic nitrogens is 3. The van der Waals surface area contributed by atoms with Crippen LogP contribution in [0.5, 0.6) is 0 Å². The summed E-state index contributed by atoms with van der Waals surface area (Å²) in [5, 5.41) is 17.9. The number of nitrogens with zero attached hydrogens (tertiary/aromatic N) is 3. The lowest BCUT2D eigenvalue weighted by atomic mass is 10.1. The van der Waals surface area contributed by atoms with E-state index in [0.717, 1.165) is 27.1 Å². The van der Waals surface area contributed by atoms with Crippen LogP contribution in [0.2, 0.25) is 0 Å². The molecule has 5 heteroatoms. The zero-order valence-electron chi connectivity index (χ0n) is 11.5. The zero-order valence-corrected chi connectivity index (χ0v) is 13.1. The molecule has 0 atom stereocenters. The maximum Gasteiger partial charge on any atom is 0.168 e. The lowest BCUT2D eigenvalue weighted by Crippen LogP contribution is -2.03. The van der Waals surface area contributed by atoms with E-state index in [0.29, 0.717) is 5.82 Å². The second kappa shape index (κ2) is 5.79. The van der Waals surface area contributed by atoms with Crippen LogP contribution in [0, 0.1) is 6.92 Å². The highest BCUT2D eigenvalue weighted by Gasteiger charge is 2.17. The fourth-order valence-corrected chi connectivity index (χ4v) is 2.66. The Balaban J connectivity index is 2.25. The van der Waals surface area contributed by atoms with Crippen LogP contribution in [0.15, 0.2) is 53.0 Å². The molecule has 0 aliphatic rings. The number of aliphatic hydroxyl groups is 1. The normalized spacial score (nSPS) is 10.8. The Hall–Kier alpha value is -1.98. The molecule has 0 amide bonds. The van der Waals surface area contributed by atoms with Crippen LogP contribution >= 0.6 is 15.9 Å². The molecule has 0 fully saturated rings. The summed E-state index contributed by atoms with van der Waals surface area (Å²) in [4.78, 5) is 0. The maximum atomic E-state index is 9.53. The Morgan fingerprint density at radius 1 is 1.05 bits per heavy atom. The van der Waals surface area contributed by atoms with Crippen LogP contribution < -0.4 is 0 Å². The molecule has 0 aliphatic carbocycles. The van der Waals surface area contributed by atoms with Crippen LogP contribution in [0.3, 0.4) is 0 Å². The molecule has 0 aliphatic heterocycles. The van der Waals surface area contributed by atoms with Gasteiger partial charge in [0.25, 0.3) is 0 Å². The Morgan fingerprint density at radius 2 is 1.81 bits per heavy atom. The molecule has 0 bridgehead atoms. The fourth-order valence-electron chi connectivity index (χ4n) is 2.29. The zero-order chi connectivity index (χ0) is 14.8. The van der Waals surface area contributed by atoms with Gasteiger partial charge in [-0.1, -0.05) is 46.3 Å². The van der Waals surface area contributed by atoms with Gasteiger partial charge in [0.05, 0.1) is 0 Å². The fraction of sp³-hybridized carbons (Fsp3) is 0.125. The summed E-state index contributed by atoms with van der Waals surface area (Å²) in [6.45, 7) is 1.87. The summed E-state index contributed by atoms with van der Waals surface area (Å²) < 4.78 is 2.91. The maximum absolute atomic E-state index is 9.53. The number of rotatable bonds is 3. The lowest BCUT2D eigenvalue weighted by Gasteiger charge is -2.11. The largest absolute Gasteiger partial charge is 0.388 e. The summed E-state index contributed by atoms with van der Waals surface area (Å²) in [6.07, 6.45) is 0. The number of hydrogen-bond acceptors (Lipinski definition) is 3. The van der Waals surface area contributed by atoms with E-state index in [2.05, 4.69) is 26.1 Å². The minimum Gasteiger partial charge on any atom is -0.388 e. The van der Waals surface area contributed by atoms with E-state index in [1.165, 1.54) is 0 Å². The highest BCUT2D eigenvalue weighted by atomic mass is 79.9. The van der Waals surface area contributed by atoms with E-state index in [4.69, 9.17) is 0 Å². The molecule has 0 saturated carbocycles.